The maximum atomic E-state index is 9.71. The fourth-order valence-electron chi connectivity index (χ4n) is 0.0763. The molecule has 0 saturated heterocycles. The quantitative estimate of drug-likeness (QED) is 0.348. The van der Waals surface area contributed by atoms with Gasteiger partial charge in [0.2, 0.25) is 8.46 Å². The molecule has 0 fully saturated rings. The lowest BCUT2D eigenvalue weighted by Gasteiger charge is -2.14. The Morgan fingerprint density at radius 2 is 2.00 bits per heavy atom. The molecular weight excluding hydrogens is 131 g/mol. The highest BCUT2D eigenvalue weighted by Crippen LogP contribution is 2.18. The minimum atomic E-state index is -2.49. The van der Waals surface area contributed by atoms with E-state index in [2.05, 4.69) is 0 Å². The summed E-state index contributed by atoms with van der Waals surface area (Å²) in [4.78, 5) is 0. The van der Waals surface area contributed by atoms with E-state index in [4.69, 9.17) is 15.3 Å². The highest BCUT2D eigenvalue weighted by atomic mass is 31.1. The fraction of sp³-hybridized carbons (Fsp3) is 1.00. The lowest BCUT2D eigenvalue weighted by Crippen LogP contribution is -2.33. The standard InChI is InChI=1S/C3H7O4P/c1-2(4)3(5,6)8-7/h2,4-6H,1H3. The Bertz CT molecular complexity index is 89.3. The molecule has 8 heavy (non-hydrogen) atoms. The fourth-order valence-corrected chi connectivity index (χ4v) is 0.229. The number of hydrogen-bond donors (Lipinski definition) is 3. The summed E-state index contributed by atoms with van der Waals surface area (Å²) in [6.45, 7) is 1.13. The normalized spacial score (nSPS) is 16.5. The van der Waals surface area contributed by atoms with Crippen molar-refractivity contribution in [1.82, 2.24) is 0 Å². The van der Waals surface area contributed by atoms with Gasteiger partial charge < -0.3 is 15.3 Å². The summed E-state index contributed by atoms with van der Waals surface area (Å²) in [5, 5.41) is 25.1. The van der Waals surface area contributed by atoms with E-state index in [0.717, 1.165) is 6.92 Å². The van der Waals surface area contributed by atoms with Crippen molar-refractivity contribution in [3.63, 3.8) is 0 Å². The van der Waals surface area contributed by atoms with Crippen LogP contribution in [-0.4, -0.2) is 27.0 Å². The van der Waals surface area contributed by atoms with Crippen LogP contribution in [0.4, 0.5) is 0 Å². The van der Waals surface area contributed by atoms with Crippen LogP contribution in [0, 0.1) is 0 Å². The molecule has 3 N–H and O–H groups in total. The summed E-state index contributed by atoms with van der Waals surface area (Å²) < 4.78 is 9.71. The number of rotatable bonds is 2. The van der Waals surface area contributed by atoms with Crippen molar-refractivity contribution >= 4 is 8.46 Å². The largest absolute Gasteiger partial charge is 0.387 e. The third-order valence-electron chi connectivity index (χ3n) is 0.695. The van der Waals surface area contributed by atoms with Crippen LogP contribution in [0.5, 0.6) is 0 Å². The summed E-state index contributed by atoms with van der Waals surface area (Å²) >= 11 is 0. The third kappa shape index (κ3) is 1.84. The van der Waals surface area contributed by atoms with Gasteiger partial charge in [-0.05, 0) is 6.92 Å². The molecule has 0 amide bonds. The molecule has 0 saturated carbocycles. The van der Waals surface area contributed by atoms with Gasteiger partial charge in [0.1, 0.15) is 6.10 Å². The third-order valence-corrected chi connectivity index (χ3v) is 1.34. The number of hydrogen-bond acceptors (Lipinski definition) is 4. The SMILES string of the molecule is CC(O)C(O)(O)P=O. The van der Waals surface area contributed by atoms with Crippen LogP contribution in [-0.2, 0) is 4.57 Å². The van der Waals surface area contributed by atoms with E-state index in [0.29, 0.717) is 0 Å². The molecule has 0 spiro atoms. The number of aliphatic hydroxyl groups is 3. The van der Waals surface area contributed by atoms with E-state index < -0.39 is 20.1 Å². The van der Waals surface area contributed by atoms with Crippen LogP contribution in [0.1, 0.15) is 6.92 Å². The first-order valence-electron chi connectivity index (χ1n) is 1.98. The molecule has 1 unspecified atom stereocenters. The molecule has 1 atom stereocenters. The van der Waals surface area contributed by atoms with Crippen molar-refractivity contribution in [2.75, 3.05) is 0 Å². The lowest BCUT2D eigenvalue weighted by molar-refractivity contribution is -0.150. The van der Waals surface area contributed by atoms with Crippen molar-refractivity contribution in [2.45, 2.75) is 18.6 Å². The van der Waals surface area contributed by atoms with Gasteiger partial charge >= 0.3 is 0 Å². The molecule has 48 valence electrons. The van der Waals surface area contributed by atoms with E-state index >= 15 is 0 Å². The van der Waals surface area contributed by atoms with Gasteiger partial charge in [0, 0.05) is 0 Å². The summed E-state index contributed by atoms with van der Waals surface area (Å²) in [5.41, 5.74) is -2.49. The molecule has 0 bridgehead atoms. The minimum absolute atomic E-state index is 0.889. The molecular formula is C3H7O4P. The predicted molar refractivity (Wildman–Crippen MR) is 26.5 cm³/mol. The van der Waals surface area contributed by atoms with Crippen LogP contribution in [0.15, 0.2) is 0 Å². The van der Waals surface area contributed by atoms with E-state index in [1.54, 1.807) is 0 Å². The molecule has 4 nitrogen and oxygen atoms in total. The second-order valence-electron chi connectivity index (χ2n) is 1.45. The van der Waals surface area contributed by atoms with Gasteiger partial charge in [-0.3, -0.25) is 4.57 Å². The predicted octanol–water partition coefficient (Wildman–Crippen LogP) is -0.703. The van der Waals surface area contributed by atoms with Crippen LogP contribution in [0.2, 0.25) is 0 Å². The van der Waals surface area contributed by atoms with E-state index in [-0.39, 0.29) is 0 Å². The summed E-state index contributed by atoms with van der Waals surface area (Å²) in [5.74, 6) is 0. The van der Waals surface area contributed by atoms with Gasteiger partial charge in [-0.25, -0.2) is 0 Å². The highest BCUT2D eigenvalue weighted by Gasteiger charge is 2.29. The monoisotopic (exact) mass is 138 g/mol. The van der Waals surface area contributed by atoms with Crippen LogP contribution >= 0.6 is 8.46 Å². The Balaban J connectivity index is 3.90. The summed E-state index contributed by atoms with van der Waals surface area (Å²) in [7, 11) is -0.889. The lowest BCUT2D eigenvalue weighted by atomic mass is 10.4. The van der Waals surface area contributed by atoms with Crippen molar-refractivity contribution in [1.29, 1.82) is 0 Å². The zero-order valence-electron chi connectivity index (χ0n) is 4.27. The molecule has 5 heteroatoms. The molecule has 0 aliphatic carbocycles. The van der Waals surface area contributed by atoms with E-state index in [1.165, 1.54) is 0 Å². The second kappa shape index (κ2) is 2.51. The average Bonchev–Trinajstić information content (AvgIpc) is 1.67. The Hall–Kier alpha value is -0.0200. The smallest absolute Gasteiger partial charge is 0.272 e. The topological polar surface area (TPSA) is 77.8 Å². The van der Waals surface area contributed by atoms with Crippen molar-refractivity contribution in [3.05, 3.63) is 0 Å². The Labute approximate surface area is 48.0 Å². The van der Waals surface area contributed by atoms with E-state index in [1.807, 2.05) is 0 Å². The summed E-state index contributed by atoms with van der Waals surface area (Å²) in [6.07, 6.45) is -1.40. The van der Waals surface area contributed by atoms with Crippen LogP contribution < -0.4 is 0 Å². The van der Waals surface area contributed by atoms with Gasteiger partial charge in [0.25, 0.3) is 5.53 Å². The Kier molecular flexibility index (Phi) is 2.50. The first-order chi connectivity index (χ1) is 3.50. The second-order valence-corrected chi connectivity index (χ2v) is 2.30. The Morgan fingerprint density at radius 1 is 1.62 bits per heavy atom. The van der Waals surface area contributed by atoms with Gasteiger partial charge in [-0.2, -0.15) is 0 Å². The highest BCUT2D eigenvalue weighted by molar-refractivity contribution is 7.25. The maximum absolute atomic E-state index is 9.71. The van der Waals surface area contributed by atoms with Gasteiger partial charge in [-0.15, -0.1) is 0 Å². The molecule has 0 heterocycles. The van der Waals surface area contributed by atoms with Crippen molar-refractivity contribution in [3.8, 4) is 0 Å². The average molecular weight is 138 g/mol. The van der Waals surface area contributed by atoms with Gasteiger partial charge in [-0.1, -0.05) is 0 Å². The zero-order chi connectivity index (χ0) is 6.78. The van der Waals surface area contributed by atoms with Crippen molar-refractivity contribution < 1.29 is 19.9 Å². The molecule has 0 aliphatic heterocycles. The molecule has 0 aromatic carbocycles. The van der Waals surface area contributed by atoms with Crippen LogP contribution in [0.25, 0.3) is 0 Å². The van der Waals surface area contributed by atoms with E-state index in [9.17, 15) is 4.57 Å². The molecule has 0 aromatic rings. The first-order valence-corrected chi connectivity index (χ1v) is 2.79. The zero-order valence-corrected chi connectivity index (χ0v) is 5.17. The minimum Gasteiger partial charge on any atom is -0.387 e. The molecule has 0 aliphatic rings. The van der Waals surface area contributed by atoms with Gasteiger partial charge in [0.05, 0.1) is 0 Å². The molecule has 0 radical (unpaired) electrons. The first kappa shape index (κ1) is 7.98. The number of aliphatic hydroxyl groups excluding tert-OH is 1. The van der Waals surface area contributed by atoms with Crippen LogP contribution in [0.3, 0.4) is 0 Å². The van der Waals surface area contributed by atoms with Gasteiger partial charge in [0.15, 0.2) is 0 Å². The summed E-state index contributed by atoms with van der Waals surface area (Å²) in [6, 6.07) is 0. The van der Waals surface area contributed by atoms with Crippen molar-refractivity contribution in [2.24, 2.45) is 0 Å². The maximum Gasteiger partial charge on any atom is 0.272 e. The Morgan fingerprint density at radius 3 is 2.00 bits per heavy atom. The molecule has 0 rings (SSSR count). The molecule has 0 aromatic heterocycles.